The molecule has 0 saturated carbocycles. The van der Waals surface area contributed by atoms with E-state index in [2.05, 4.69) is 24.1 Å². The van der Waals surface area contributed by atoms with Gasteiger partial charge >= 0.3 is 6.09 Å². The number of nitrogens with zero attached hydrogens (tertiary/aromatic N) is 2. The molecule has 1 unspecified atom stereocenters. The van der Waals surface area contributed by atoms with Crippen molar-refractivity contribution in [2.75, 3.05) is 39.3 Å². The first-order chi connectivity index (χ1) is 10.8. The van der Waals surface area contributed by atoms with Crippen molar-refractivity contribution < 1.29 is 9.53 Å². The minimum atomic E-state index is -0.411. The quantitative estimate of drug-likeness (QED) is 0.696. The number of nitrogens with one attached hydrogen (secondary N) is 1. The average Bonchev–Trinajstić information content (AvgIpc) is 2.46. The molecule has 0 bridgehead atoms. The van der Waals surface area contributed by atoms with E-state index in [0.29, 0.717) is 6.04 Å². The third-order valence-electron chi connectivity index (χ3n) is 4.19. The van der Waals surface area contributed by atoms with Crippen molar-refractivity contribution in [2.24, 2.45) is 0 Å². The summed E-state index contributed by atoms with van der Waals surface area (Å²) in [6.45, 7) is 15.7. The average molecular weight is 328 g/mol. The monoisotopic (exact) mass is 327 g/mol. The zero-order chi connectivity index (χ0) is 17.3. The van der Waals surface area contributed by atoms with E-state index in [0.717, 1.165) is 39.3 Å². The van der Waals surface area contributed by atoms with Gasteiger partial charge in [-0.25, -0.2) is 4.79 Å². The van der Waals surface area contributed by atoms with Crippen LogP contribution in [0.4, 0.5) is 4.79 Å². The van der Waals surface area contributed by atoms with E-state index in [1.54, 1.807) is 0 Å². The number of amides is 1. The molecule has 0 aromatic heterocycles. The number of carbonyl (C=O) groups is 1. The standard InChI is InChI=1S/C18H37N3O2/c1-6-7-8-9-16(2)19-10-11-20-12-14-21(15-13-20)17(22)23-18(3,4)5/h16,19H,6-15H2,1-5H3. The molecular weight excluding hydrogens is 290 g/mol. The van der Waals surface area contributed by atoms with Crippen molar-refractivity contribution in [1.29, 1.82) is 0 Å². The minimum absolute atomic E-state index is 0.181. The van der Waals surface area contributed by atoms with Crippen LogP contribution in [0, 0.1) is 0 Å². The number of hydrogen-bond donors (Lipinski definition) is 1. The van der Waals surface area contributed by atoms with Gasteiger partial charge in [0.05, 0.1) is 0 Å². The smallest absolute Gasteiger partial charge is 0.410 e. The predicted molar refractivity (Wildman–Crippen MR) is 95.9 cm³/mol. The van der Waals surface area contributed by atoms with Gasteiger partial charge < -0.3 is 15.0 Å². The summed E-state index contributed by atoms with van der Waals surface area (Å²) in [7, 11) is 0. The Labute approximate surface area is 142 Å². The number of hydrogen-bond acceptors (Lipinski definition) is 4. The highest BCUT2D eigenvalue weighted by Crippen LogP contribution is 2.11. The van der Waals surface area contributed by atoms with E-state index >= 15 is 0 Å². The molecule has 1 heterocycles. The molecule has 1 aliphatic rings. The van der Waals surface area contributed by atoms with Crippen molar-refractivity contribution in [3.05, 3.63) is 0 Å². The fourth-order valence-electron chi connectivity index (χ4n) is 2.75. The van der Waals surface area contributed by atoms with Crippen molar-refractivity contribution in [3.8, 4) is 0 Å². The topological polar surface area (TPSA) is 44.8 Å². The van der Waals surface area contributed by atoms with Crippen LogP contribution in [0.15, 0.2) is 0 Å². The molecule has 0 aliphatic carbocycles. The highest BCUT2D eigenvalue weighted by molar-refractivity contribution is 5.68. The van der Waals surface area contributed by atoms with Gasteiger partial charge in [-0.3, -0.25) is 4.90 Å². The number of piperazine rings is 1. The largest absolute Gasteiger partial charge is 0.444 e. The Balaban J connectivity index is 2.13. The molecule has 23 heavy (non-hydrogen) atoms. The van der Waals surface area contributed by atoms with Crippen molar-refractivity contribution in [2.45, 2.75) is 71.9 Å². The zero-order valence-corrected chi connectivity index (χ0v) is 15.9. The molecule has 5 heteroatoms. The number of ether oxygens (including phenoxy) is 1. The van der Waals surface area contributed by atoms with Crippen LogP contribution < -0.4 is 5.32 Å². The molecular formula is C18H37N3O2. The summed E-state index contributed by atoms with van der Waals surface area (Å²) < 4.78 is 5.43. The number of unbranched alkanes of at least 4 members (excludes halogenated alkanes) is 2. The summed E-state index contributed by atoms with van der Waals surface area (Å²) in [4.78, 5) is 16.3. The molecule has 5 nitrogen and oxygen atoms in total. The van der Waals surface area contributed by atoms with Crippen LogP contribution in [0.1, 0.15) is 60.3 Å². The molecule has 136 valence electrons. The highest BCUT2D eigenvalue weighted by atomic mass is 16.6. The first-order valence-electron chi connectivity index (χ1n) is 9.25. The van der Waals surface area contributed by atoms with Crippen LogP contribution in [0.2, 0.25) is 0 Å². The van der Waals surface area contributed by atoms with Gasteiger partial charge in [-0.15, -0.1) is 0 Å². The van der Waals surface area contributed by atoms with E-state index in [-0.39, 0.29) is 6.09 Å². The van der Waals surface area contributed by atoms with E-state index < -0.39 is 5.60 Å². The molecule has 0 radical (unpaired) electrons. The lowest BCUT2D eigenvalue weighted by atomic mass is 10.1. The summed E-state index contributed by atoms with van der Waals surface area (Å²) >= 11 is 0. The maximum Gasteiger partial charge on any atom is 0.410 e. The molecule has 1 amide bonds. The summed E-state index contributed by atoms with van der Waals surface area (Å²) in [6, 6.07) is 0.601. The normalized spacial score (nSPS) is 18.0. The van der Waals surface area contributed by atoms with Gasteiger partial charge in [0.1, 0.15) is 5.60 Å². The SMILES string of the molecule is CCCCCC(C)NCCN1CCN(C(=O)OC(C)(C)C)CC1. The Morgan fingerprint density at radius 1 is 1.17 bits per heavy atom. The van der Waals surface area contributed by atoms with Crippen molar-refractivity contribution in [1.82, 2.24) is 15.1 Å². The first kappa shape index (κ1) is 20.2. The fourth-order valence-corrected chi connectivity index (χ4v) is 2.75. The maximum atomic E-state index is 12.0. The lowest BCUT2D eigenvalue weighted by Gasteiger charge is -2.35. The van der Waals surface area contributed by atoms with Gasteiger partial charge in [0.2, 0.25) is 0 Å². The third-order valence-corrected chi connectivity index (χ3v) is 4.19. The van der Waals surface area contributed by atoms with Gasteiger partial charge in [0.25, 0.3) is 0 Å². The molecule has 1 N–H and O–H groups in total. The number of rotatable bonds is 8. The van der Waals surface area contributed by atoms with E-state index in [4.69, 9.17) is 4.74 Å². The Morgan fingerprint density at radius 2 is 1.83 bits per heavy atom. The second kappa shape index (κ2) is 10.1. The molecule has 1 fully saturated rings. The molecule has 1 atom stereocenters. The minimum Gasteiger partial charge on any atom is -0.444 e. The lowest BCUT2D eigenvalue weighted by Crippen LogP contribution is -2.51. The van der Waals surface area contributed by atoms with Crippen LogP contribution >= 0.6 is 0 Å². The van der Waals surface area contributed by atoms with Gasteiger partial charge in [0, 0.05) is 45.3 Å². The second-order valence-corrected chi connectivity index (χ2v) is 7.66. The van der Waals surface area contributed by atoms with E-state index in [1.807, 2.05) is 25.7 Å². The summed E-state index contributed by atoms with van der Waals surface area (Å²) in [6.07, 6.45) is 5.02. The molecule has 1 aliphatic heterocycles. The second-order valence-electron chi connectivity index (χ2n) is 7.66. The molecule has 1 rings (SSSR count). The van der Waals surface area contributed by atoms with Crippen LogP contribution in [-0.2, 0) is 4.74 Å². The summed E-state index contributed by atoms with van der Waals surface area (Å²) in [5, 5.41) is 3.61. The van der Waals surface area contributed by atoms with Gasteiger partial charge in [0.15, 0.2) is 0 Å². The summed E-state index contributed by atoms with van der Waals surface area (Å²) in [5.41, 5.74) is -0.411. The summed E-state index contributed by atoms with van der Waals surface area (Å²) in [5.74, 6) is 0. The van der Waals surface area contributed by atoms with Crippen LogP contribution in [0.5, 0.6) is 0 Å². The van der Waals surface area contributed by atoms with Crippen LogP contribution in [-0.4, -0.2) is 66.8 Å². The Kier molecular flexibility index (Phi) is 8.92. The van der Waals surface area contributed by atoms with Gasteiger partial charge in [-0.05, 0) is 34.1 Å². The van der Waals surface area contributed by atoms with Crippen molar-refractivity contribution >= 4 is 6.09 Å². The fraction of sp³-hybridized carbons (Fsp3) is 0.944. The molecule has 0 spiro atoms. The zero-order valence-electron chi connectivity index (χ0n) is 15.9. The third kappa shape index (κ3) is 9.16. The Hall–Kier alpha value is -0.810. The molecule has 1 saturated heterocycles. The number of carbonyl (C=O) groups excluding carboxylic acids is 1. The van der Waals surface area contributed by atoms with Gasteiger partial charge in [-0.2, -0.15) is 0 Å². The molecule has 0 aromatic rings. The van der Waals surface area contributed by atoms with E-state index in [9.17, 15) is 4.79 Å². The van der Waals surface area contributed by atoms with Gasteiger partial charge in [-0.1, -0.05) is 26.2 Å². The Bertz CT molecular complexity index is 334. The van der Waals surface area contributed by atoms with Crippen LogP contribution in [0.25, 0.3) is 0 Å². The van der Waals surface area contributed by atoms with Crippen LogP contribution in [0.3, 0.4) is 0 Å². The highest BCUT2D eigenvalue weighted by Gasteiger charge is 2.25. The van der Waals surface area contributed by atoms with Crippen molar-refractivity contribution in [3.63, 3.8) is 0 Å². The lowest BCUT2D eigenvalue weighted by molar-refractivity contribution is 0.0146. The maximum absolute atomic E-state index is 12.0. The Morgan fingerprint density at radius 3 is 2.39 bits per heavy atom. The van der Waals surface area contributed by atoms with E-state index in [1.165, 1.54) is 25.7 Å². The predicted octanol–water partition coefficient (Wildman–Crippen LogP) is 3.10. The first-order valence-corrected chi connectivity index (χ1v) is 9.25. The molecule has 0 aromatic carbocycles.